The van der Waals surface area contributed by atoms with Crippen LogP contribution in [0.4, 0.5) is 5.69 Å². The molecule has 0 bridgehead atoms. The minimum Gasteiger partial charge on any atom is -0.497 e. The molecule has 1 atom stereocenters. The molecule has 2 aliphatic rings. The molecule has 2 aromatic rings. The van der Waals surface area contributed by atoms with Crippen molar-refractivity contribution >= 4 is 21.6 Å². The van der Waals surface area contributed by atoms with E-state index < -0.39 is 16.1 Å². The van der Waals surface area contributed by atoms with Gasteiger partial charge < -0.3 is 19.1 Å². The van der Waals surface area contributed by atoms with E-state index in [1.807, 2.05) is 0 Å². The fraction of sp³-hybridized carbons (Fsp3) is 0.316. The number of benzene rings is 2. The summed E-state index contributed by atoms with van der Waals surface area (Å²) >= 11 is 0. The van der Waals surface area contributed by atoms with Crippen LogP contribution < -0.4 is 23.8 Å². The molecule has 1 N–H and O–H groups in total. The number of rotatable bonds is 5. The Balaban J connectivity index is 1.48. The van der Waals surface area contributed by atoms with Gasteiger partial charge in [0.25, 0.3) is 0 Å². The van der Waals surface area contributed by atoms with Crippen LogP contribution >= 0.6 is 0 Å². The largest absolute Gasteiger partial charge is 0.497 e. The van der Waals surface area contributed by atoms with Gasteiger partial charge in [-0.15, -0.1) is 0 Å². The number of fused-ring (bicyclic) bond motifs is 1. The van der Waals surface area contributed by atoms with Gasteiger partial charge in [-0.3, -0.25) is 4.79 Å². The number of methoxy groups -OCH3 is 1. The van der Waals surface area contributed by atoms with E-state index in [2.05, 4.69) is 4.72 Å². The van der Waals surface area contributed by atoms with Gasteiger partial charge in [-0.25, -0.2) is 13.1 Å². The number of amides is 1. The monoisotopic (exact) mass is 404 g/mol. The summed E-state index contributed by atoms with van der Waals surface area (Å²) in [5.41, 5.74) is 0.701. The molecule has 1 saturated heterocycles. The maximum Gasteiger partial charge on any atom is 0.241 e. The summed E-state index contributed by atoms with van der Waals surface area (Å²) < 4.78 is 44.1. The van der Waals surface area contributed by atoms with Crippen LogP contribution in [0.25, 0.3) is 0 Å². The number of sulfonamides is 1. The highest BCUT2D eigenvalue weighted by molar-refractivity contribution is 7.89. The fourth-order valence-electron chi connectivity index (χ4n) is 3.28. The molecule has 148 valence electrons. The van der Waals surface area contributed by atoms with E-state index in [1.54, 1.807) is 42.3 Å². The fourth-order valence-corrected chi connectivity index (χ4v) is 4.52. The van der Waals surface area contributed by atoms with Crippen LogP contribution in [0, 0.1) is 0 Å². The Labute approximate surface area is 163 Å². The van der Waals surface area contributed by atoms with Gasteiger partial charge in [0, 0.05) is 30.8 Å². The lowest BCUT2D eigenvalue weighted by Gasteiger charge is -2.20. The first-order chi connectivity index (χ1) is 13.5. The summed E-state index contributed by atoms with van der Waals surface area (Å²) in [6.07, 6.45) is 0.0931. The van der Waals surface area contributed by atoms with Crippen molar-refractivity contribution in [2.24, 2.45) is 0 Å². The van der Waals surface area contributed by atoms with Gasteiger partial charge in [-0.2, -0.15) is 0 Å². The number of hydrogen-bond donors (Lipinski definition) is 1. The van der Waals surface area contributed by atoms with Gasteiger partial charge >= 0.3 is 0 Å². The van der Waals surface area contributed by atoms with E-state index in [1.165, 1.54) is 12.1 Å². The van der Waals surface area contributed by atoms with Crippen LogP contribution in [0.3, 0.4) is 0 Å². The second-order valence-corrected chi connectivity index (χ2v) is 8.24. The Morgan fingerprint density at radius 2 is 1.79 bits per heavy atom. The first-order valence-electron chi connectivity index (χ1n) is 8.83. The summed E-state index contributed by atoms with van der Waals surface area (Å²) in [6, 6.07) is 11.0. The minimum absolute atomic E-state index is 0.0760. The highest BCUT2D eigenvalue weighted by Gasteiger charge is 2.34. The Hall–Kier alpha value is -2.78. The Morgan fingerprint density at radius 3 is 2.50 bits per heavy atom. The standard InChI is InChI=1S/C19H20N2O6S/c1-25-15-4-2-14(3-5-15)21-12-13(10-19(21)22)20-28(23,24)16-6-7-17-18(11-16)27-9-8-26-17/h2-7,11,13,20H,8-10,12H2,1H3/t13-/m0/s1. The number of anilines is 1. The maximum absolute atomic E-state index is 12.8. The number of ether oxygens (including phenoxy) is 3. The van der Waals surface area contributed by atoms with E-state index in [4.69, 9.17) is 14.2 Å². The third-order valence-electron chi connectivity index (χ3n) is 4.65. The Bertz CT molecular complexity index is 990. The second-order valence-electron chi connectivity index (χ2n) is 6.53. The third kappa shape index (κ3) is 3.63. The average molecular weight is 404 g/mol. The molecule has 0 radical (unpaired) electrons. The molecular weight excluding hydrogens is 384 g/mol. The highest BCUT2D eigenvalue weighted by Crippen LogP contribution is 2.32. The van der Waals surface area contributed by atoms with Crippen molar-refractivity contribution in [3.63, 3.8) is 0 Å². The molecule has 0 saturated carbocycles. The minimum atomic E-state index is -3.80. The summed E-state index contributed by atoms with van der Waals surface area (Å²) in [5.74, 6) is 1.47. The van der Waals surface area contributed by atoms with Crippen LogP contribution in [-0.2, 0) is 14.8 Å². The van der Waals surface area contributed by atoms with Crippen molar-refractivity contribution < 1.29 is 27.4 Å². The van der Waals surface area contributed by atoms with E-state index in [0.29, 0.717) is 36.1 Å². The molecule has 2 heterocycles. The van der Waals surface area contributed by atoms with Crippen molar-refractivity contribution in [1.29, 1.82) is 0 Å². The maximum atomic E-state index is 12.8. The molecule has 2 aromatic carbocycles. The molecule has 9 heteroatoms. The molecule has 0 aromatic heterocycles. The van der Waals surface area contributed by atoms with Crippen molar-refractivity contribution in [2.45, 2.75) is 17.4 Å². The van der Waals surface area contributed by atoms with Gasteiger partial charge in [0.1, 0.15) is 19.0 Å². The molecule has 0 aliphatic carbocycles. The Kier molecular flexibility index (Phi) is 4.86. The first kappa shape index (κ1) is 18.6. The molecule has 8 nitrogen and oxygen atoms in total. The number of carbonyl (C=O) groups excluding carboxylic acids is 1. The van der Waals surface area contributed by atoms with E-state index in [-0.39, 0.29) is 23.8 Å². The molecule has 0 unspecified atom stereocenters. The first-order valence-corrected chi connectivity index (χ1v) is 10.3. The van der Waals surface area contributed by atoms with Crippen molar-refractivity contribution in [1.82, 2.24) is 4.72 Å². The number of carbonyl (C=O) groups is 1. The van der Waals surface area contributed by atoms with Crippen molar-refractivity contribution in [3.8, 4) is 17.2 Å². The van der Waals surface area contributed by atoms with Crippen molar-refractivity contribution in [2.75, 3.05) is 31.8 Å². The van der Waals surface area contributed by atoms with Gasteiger partial charge in [0.05, 0.1) is 12.0 Å². The molecule has 2 aliphatic heterocycles. The average Bonchev–Trinajstić information content (AvgIpc) is 3.07. The highest BCUT2D eigenvalue weighted by atomic mass is 32.2. The van der Waals surface area contributed by atoms with Gasteiger partial charge in [-0.1, -0.05) is 0 Å². The zero-order valence-corrected chi connectivity index (χ0v) is 16.1. The van der Waals surface area contributed by atoms with Gasteiger partial charge in [0.15, 0.2) is 11.5 Å². The summed E-state index contributed by atoms with van der Waals surface area (Å²) in [7, 11) is -2.23. The molecule has 28 heavy (non-hydrogen) atoms. The van der Waals surface area contributed by atoms with Gasteiger partial charge in [0.2, 0.25) is 15.9 Å². The zero-order chi connectivity index (χ0) is 19.7. The van der Waals surface area contributed by atoms with E-state index >= 15 is 0 Å². The van der Waals surface area contributed by atoms with Crippen LogP contribution in [0.2, 0.25) is 0 Å². The third-order valence-corrected chi connectivity index (χ3v) is 6.17. The number of nitrogens with zero attached hydrogens (tertiary/aromatic N) is 1. The summed E-state index contributed by atoms with van der Waals surface area (Å²) in [5, 5.41) is 0. The lowest BCUT2D eigenvalue weighted by molar-refractivity contribution is -0.117. The lowest BCUT2D eigenvalue weighted by Crippen LogP contribution is -2.37. The van der Waals surface area contributed by atoms with E-state index in [9.17, 15) is 13.2 Å². The molecule has 4 rings (SSSR count). The zero-order valence-electron chi connectivity index (χ0n) is 15.3. The molecular formula is C19H20N2O6S. The molecule has 1 amide bonds. The topological polar surface area (TPSA) is 94.2 Å². The van der Waals surface area contributed by atoms with Gasteiger partial charge in [-0.05, 0) is 36.4 Å². The SMILES string of the molecule is COc1ccc(N2C[C@@H](NS(=O)(=O)c3ccc4c(c3)OCCO4)CC2=O)cc1. The lowest BCUT2D eigenvalue weighted by atomic mass is 10.3. The molecule has 1 fully saturated rings. The van der Waals surface area contributed by atoms with Crippen LogP contribution in [0.5, 0.6) is 17.2 Å². The van der Waals surface area contributed by atoms with Crippen molar-refractivity contribution in [3.05, 3.63) is 42.5 Å². The summed E-state index contributed by atoms with van der Waals surface area (Å²) in [6.45, 7) is 1.07. The van der Waals surface area contributed by atoms with Crippen LogP contribution in [-0.4, -0.2) is 47.2 Å². The van der Waals surface area contributed by atoms with Crippen LogP contribution in [0.15, 0.2) is 47.4 Å². The van der Waals surface area contributed by atoms with Crippen LogP contribution in [0.1, 0.15) is 6.42 Å². The predicted octanol–water partition coefficient (Wildman–Crippen LogP) is 1.55. The predicted molar refractivity (Wildman–Crippen MR) is 102 cm³/mol. The number of nitrogens with one attached hydrogen (secondary N) is 1. The number of hydrogen-bond acceptors (Lipinski definition) is 6. The van der Waals surface area contributed by atoms with E-state index in [0.717, 1.165) is 0 Å². The smallest absolute Gasteiger partial charge is 0.241 e. The summed E-state index contributed by atoms with van der Waals surface area (Å²) in [4.78, 5) is 14.0. The quantitative estimate of drug-likeness (QED) is 0.813. The second kappa shape index (κ2) is 7.33. The Morgan fingerprint density at radius 1 is 1.07 bits per heavy atom. The molecule has 0 spiro atoms. The normalized spacial score (nSPS) is 19.0.